The van der Waals surface area contributed by atoms with Crippen LogP contribution in [0.5, 0.6) is 5.75 Å². The van der Waals surface area contributed by atoms with Gasteiger partial charge in [-0.15, -0.1) is 0 Å². The summed E-state index contributed by atoms with van der Waals surface area (Å²) in [6.07, 6.45) is -2.87. The van der Waals surface area contributed by atoms with Crippen molar-refractivity contribution in [3.8, 4) is 5.75 Å². The molecule has 1 aromatic rings. The van der Waals surface area contributed by atoms with Gasteiger partial charge in [0.2, 0.25) is 0 Å². The lowest BCUT2D eigenvalue weighted by Gasteiger charge is -2.06. The van der Waals surface area contributed by atoms with Crippen LogP contribution in [0.25, 0.3) is 0 Å². The molecule has 82 valence electrons. The number of aromatic nitrogens is 1. The van der Waals surface area contributed by atoms with E-state index in [1.54, 1.807) is 22.6 Å². The molecule has 7 heteroatoms. The van der Waals surface area contributed by atoms with E-state index in [0.29, 0.717) is 0 Å². The fourth-order valence-corrected chi connectivity index (χ4v) is 1.47. The first-order valence-electron chi connectivity index (χ1n) is 3.73. The van der Waals surface area contributed by atoms with Crippen molar-refractivity contribution in [3.05, 3.63) is 21.0 Å². The van der Waals surface area contributed by atoms with Crippen LogP contribution in [0.4, 0.5) is 8.78 Å². The van der Waals surface area contributed by atoms with Crippen molar-refractivity contribution in [1.29, 1.82) is 0 Å². The fraction of sp³-hybridized carbons (Fsp3) is 0.250. The number of carbonyl (C=O) groups is 1. The normalized spacial score (nSPS) is 10.5. The van der Waals surface area contributed by atoms with Gasteiger partial charge in [-0.25, -0.2) is 18.6 Å². The summed E-state index contributed by atoms with van der Waals surface area (Å²) >= 11 is 1.56. The van der Waals surface area contributed by atoms with Gasteiger partial charge < -0.3 is 9.84 Å². The summed E-state index contributed by atoms with van der Waals surface area (Å²) in [7, 11) is 1.12. The molecule has 1 aromatic heterocycles. The highest BCUT2D eigenvalue weighted by Crippen LogP contribution is 2.31. The second kappa shape index (κ2) is 4.69. The lowest BCUT2D eigenvalue weighted by Crippen LogP contribution is -2.07. The summed E-state index contributed by atoms with van der Waals surface area (Å²) in [6.45, 7) is 0. The Morgan fingerprint density at radius 2 is 2.27 bits per heavy atom. The van der Waals surface area contributed by atoms with Gasteiger partial charge in [0.25, 0.3) is 6.43 Å². The number of halogens is 3. The number of hydrogen-bond acceptors (Lipinski definition) is 4. The van der Waals surface area contributed by atoms with E-state index in [4.69, 9.17) is 0 Å². The SMILES string of the molecule is COC(=O)c1cc(C(F)F)c(O)c(I)n1. The standard InChI is InChI=1S/C8H6F2INO3/c1-15-8(14)4-2-3(6(9)10)5(13)7(11)12-4/h2,6,13H,1H3. The van der Waals surface area contributed by atoms with Gasteiger partial charge in [0.15, 0.2) is 5.75 Å². The summed E-state index contributed by atoms with van der Waals surface area (Å²) in [5.74, 6) is -1.44. The number of alkyl halides is 2. The Morgan fingerprint density at radius 3 is 2.73 bits per heavy atom. The molecule has 0 fully saturated rings. The van der Waals surface area contributed by atoms with E-state index in [1.165, 1.54) is 0 Å². The summed E-state index contributed by atoms with van der Waals surface area (Å²) in [5, 5.41) is 9.24. The van der Waals surface area contributed by atoms with Crippen LogP contribution in [0.15, 0.2) is 6.07 Å². The molecule has 4 nitrogen and oxygen atoms in total. The number of pyridine rings is 1. The van der Waals surface area contributed by atoms with Gasteiger partial charge in [-0.1, -0.05) is 0 Å². The Bertz CT molecular complexity index is 398. The summed E-state index contributed by atoms with van der Waals surface area (Å²) in [5.41, 5.74) is -0.884. The molecule has 0 amide bonds. The number of hydrogen-bond donors (Lipinski definition) is 1. The number of aromatic hydroxyl groups is 1. The maximum Gasteiger partial charge on any atom is 0.356 e. The van der Waals surface area contributed by atoms with E-state index in [-0.39, 0.29) is 9.39 Å². The predicted octanol–water partition coefficient (Wildman–Crippen LogP) is 2.12. The zero-order chi connectivity index (χ0) is 11.6. The number of esters is 1. The zero-order valence-electron chi connectivity index (χ0n) is 7.50. The van der Waals surface area contributed by atoms with Gasteiger partial charge in [-0.05, 0) is 28.7 Å². The highest BCUT2D eigenvalue weighted by molar-refractivity contribution is 14.1. The number of methoxy groups -OCH3 is 1. The lowest BCUT2D eigenvalue weighted by atomic mass is 10.2. The number of carbonyl (C=O) groups excluding carboxylic acids is 1. The van der Waals surface area contributed by atoms with E-state index in [9.17, 15) is 18.7 Å². The molecule has 0 spiro atoms. The third-order valence-corrected chi connectivity index (χ3v) is 2.36. The van der Waals surface area contributed by atoms with Gasteiger partial charge in [0.05, 0.1) is 12.7 Å². The van der Waals surface area contributed by atoms with Gasteiger partial charge in [0.1, 0.15) is 9.39 Å². The van der Waals surface area contributed by atoms with Crippen molar-refractivity contribution in [3.63, 3.8) is 0 Å². The third-order valence-electron chi connectivity index (χ3n) is 1.61. The monoisotopic (exact) mass is 329 g/mol. The summed E-state index contributed by atoms with van der Waals surface area (Å²) < 4.78 is 29.1. The lowest BCUT2D eigenvalue weighted by molar-refractivity contribution is 0.0593. The summed E-state index contributed by atoms with van der Waals surface area (Å²) in [6, 6.07) is 0.813. The number of nitrogens with zero attached hydrogens (tertiary/aromatic N) is 1. The quantitative estimate of drug-likeness (QED) is 0.513. The van der Waals surface area contributed by atoms with Crippen LogP contribution in [0.1, 0.15) is 22.5 Å². The average molecular weight is 329 g/mol. The largest absolute Gasteiger partial charge is 0.505 e. The molecular weight excluding hydrogens is 323 g/mol. The Kier molecular flexibility index (Phi) is 3.77. The van der Waals surface area contributed by atoms with Gasteiger partial charge >= 0.3 is 5.97 Å². The highest BCUT2D eigenvalue weighted by atomic mass is 127. The Morgan fingerprint density at radius 1 is 1.67 bits per heavy atom. The minimum absolute atomic E-state index is 0.0641. The fourth-order valence-electron chi connectivity index (χ4n) is 0.901. The molecule has 0 bridgehead atoms. The second-order valence-electron chi connectivity index (χ2n) is 2.53. The van der Waals surface area contributed by atoms with Crippen molar-refractivity contribution in [2.45, 2.75) is 6.43 Å². The molecule has 0 aliphatic rings. The first-order chi connectivity index (χ1) is 6.97. The molecule has 0 saturated carbocycles. The van der Waals surface area contributed by atoms with Crippen molar-refractivity contribution in [2.24, 2.45) is 0 Å². The van der Waals surface area contributed by atoms with Crippen LogP contribution in [0.2, 0.25) is 0 Å². The van der Waals surface area contributed by atoms with Crippen LogP contribution < -0.4 is 0 Å². The Balaban J connectivity index is 3.29. The van der Waals surface area contributed by atoms with E-state index < -0.39 is 23.7 Å². The zero-order valence-corrected chi connectivity index (χ0v) is 9.66. The molecule has 0 atom stereocenters. The van der Waals surface area contributed by atoms with Crippen LogP contribution in [0, 0.1) is 3.70 Å². The number of ether oxygens (including phenoxy) is 1. The van der Waals surface area contributed by atoms with E-state index >= 15 is 0 Å². The molecule has 15 heavy (non-hydrogen) atoms. The van der Waals surface area contributed by atoms with Crippen molar-refractivity contribution < 1.29 is 23.4 Å². The van der Waals surface area contributed by atoms with Crippen LogP contribution in [0.3, 0.4) is 0 Å². The molecule has 1 rings (SSSR count). The Hall–Kier alpha value is -0.990. The third kappa shape index (κ3) is 2.52. The molecule has 0 saturated heterocycles. The van der Waals surface area contributed by atoms with Crippen molar-refractivity contribution in [1.82, 2.24) is 4.98 Å². The van der Waals surface area contributed by atoms with Gasteiger partial charge in [-0.2, -0.15) is 0 Å². The number of rotatable bonds is 2. The van der Waals surface area contributed by atoms with Crippen molar-refractivity contribution in [2.75, 3.05) is 7.11 Å². The first-order valence-corrected chi connectivity index (χ1v) is 4.81. The molecular formula is C8H6F2INO3. The minimum Gasteiger partial charge on any atom is -0.505 e. The highest BCUT2D eigenvalue weighted by Gasteiger charge is 2.20. The van der Waals surface area contributed by atoms with Crippen LogP contribution in [-0.4, -0.2) is 23.2 Å². The second-order valence-corrected chi connectivity index (χ2v) is 3.55. The first kappa shape index (κ1) is 12.1. The van der Waals surface area contributed by atoms with Crippen molar-refractivity contribution >= 4 is 28.6 Å². The van der Waals surface area contributed by atoms with Gasteiger partial charge in [-0.3, -0.25) is 0 Å². The molecule has 0 aromatic carbocycles. The Labute approximate surface area is 97.4 Å². The van der Waals surface area contributed by atoms with E-state index in [1.807, 2.05) is 0 Å². The van der Waals surface area contributed by atoms with E-state index in [2.05, 4.69) is 9.72 Å². The average Bonchev–Trinajstić information content (AvgIpc) is 2.20. The molecule has 0 unspecified atom stereocenters. The predicted molar refractivity (Wildman–Crippen MR) is 54.9 cm³/mol. The van der Waals surface area contributed by atoms with Gasteiger partial charge in [0, 0.05) is 0 Å². The van der Waals surface area contributed by atoms with Crippen LogP contribution >= 0.6 is 22.6 Å². The molecule has 1 N–H and O–H groups in total. The topological polar surface area (TPSA) is 59.4 Å². The molecule has 0 aliphatic heterocycles. The van der Waals surface area contributed by atoms with E-state index in [0.717, 1.165) is 13.2 Å². The maximum absolute atomic E-state index is 12.4. The molecule has 0 aliphatic carbocycles. The molecule has 1 heterocycles. The van der Waals surface area contributed by atoms with Crippen LogP contribution in [-0.2, 0) is 4.74 Å². The maximum atomic E-state index is 12.4. The summed E-state index contributed by atoms with van der Waals surface area (Å²) in [4.78, 5) is 14.7. The molecule has 0 radical (unpaired) electrons. The smallest absolute Gasteiger partial charge is 0.356 e. The minimum atomic E-state index is -2.87.